The minimum Gasteiger partial charge on any atom is -0.0761 e. The van der Waals surface area contributed by atoms with Gasteiger partial charge in [-0.3, -0.25) is 0 Å². The van der Waals surface area contributed by atoms with Crippen molar-refractivity contribution in [3.63, 3.8) is 0 Å². The number of hydrogen-bond acceptors (Lipinski definition) is 0. The first kappa shape index (κ1) is 9.21. The lowest BCUT2D eigenvalue weighted by molar-refractivity contribution is 0.334. The van der Waals surface area contributed by atoms with E-state index in [0.717, 1.165) is 11.8 Å². The van der Waals surface area contributed by atoms with Crippen LogP contribution in [0.2, 0.25) is 0 Å². The van der Waals surface area contributed by atoms with Crippen molar-refractivity contribution in [3.8, 4) is 0 Å². The van der Waals surface area contributed by atoms with Crippen LogP contribution >= 0.6 is 0 Å². The zero-order chi connectivity index (χ0) is 10.1. The molecule has 0 N–H and O–H groups in total. The standard InChI is InChI=1S/C15H18/c1-2-6-12(7-3-1)15-11-10-13-8-4-5-9-14(13)15/h4-5,8-12,15H,1-3,6-7H2/p+1. The summed E-state index contributed by atoms with van der Waals surface area (Å²) in [6, 6.07) is 8.89. The summed E-state index contributed by atoms with van der Waals surface area (Å²) in [4.78, 5) is 0. The number of hydrogen-bond donors (Lipinski definition) is 0. The summed E-state index contributed by atoms with van der Waals surface area (Å²) in [5.41, 5.74) is 3.03. The van der Waals surface area contributed by atoms with Crippen LogP contribution < -0.4 is 0 Å². The second-order valence-corrected chi connectivity index (χ2v) is 4.91. The van der Waals surface area contributed by atoms with Crippen molar-refractivity contribution in [3.05, 3.63) is 41.5 Å². The Morgan fingerprint density at radius 1 is 1.00 bits per heavy atom. The van der Waals surface area contributed by atoms with Gasteiger partial charge in [-0.2, -0.15) is 0 Å². The molecule has 2 aliphatic rings. The molecule has 1 aromatic rings. The Labute approximate surface area is 93.5 Å². The smallest absolute Gasteiger partial charge is 0.0761 e. The monoisotopic (exact) mass is 199 g/mol. The van der Waals surface area contributed by atoms with E-state index in [2.05, 4.69) is 36.4 Å². The molecule has 2 aliphatic carbocycles. The Bertz CT molecular complexity index is 375. The van der Waals surface area contributed by atoms with Crippen LogP contribution in [0.5, 0.6) is 0 Å². The first-order chi connectivity index (χ1) is 7.45. The van der Waals surface area contributed by atoms with Crippen molar-refractivity contribution < 1.29 is 1.43 Å². The molecule has 0 aromatic heterocycles. The van der Waals surface area contributed by atoms with Gasteiger partial charge in [0.25, 0.3) is 0 Å². The Balaban J connectivity index is 0.000000963. The summed E-state index contributed by atoms with van der Waals surface area (Å²) in [5, 5.41) is 0. The number of benzene rings is 1. The van der Waals surface area contributed by atoms with Gasteiger partial charge in [0.1, 0.15) is 0 Å². The molecule has 0 spiro atoms. The Hall–Kier alpha value is -1.04. The van der Waals surface area contributed by atoms with Crippen LogP contribution in [0, 0.1) is 5.92 Å². The van der Waals surface area contributed by atoms with Crippen molar-refractivity contribution in [2.45, 2.75) is 38.0 Å². The van der Waals surface area contributed by atoms with E-state index in [1.807, 2.05) is 0 Å². The molecule has 0 heteroatoms. The maximum Gasteiger partial charge on any atom is 1.00 e. The fraction of sp³-hybridized carbons (Fsp3) is 0.467. The second-order valence-electron chi connectivity index (χ2n) is 4.91. The molecule has 0 aliphatic heterocycles. The molecule has 0 heterocycles. The summed E-state index contributed by atoms with van der Waals surface area (Å²) in [7, 11) is 0. The molecular formula is C15H19+. The van der Waals surface area contributed by atoms with E-state index >= 15 is 0 Å². The molecule has 78 valence electrons. The lowest BCUT2D eigenvalue weighted by Crippen LogP contribution is -2.13. The Kier molecular flexibility index (Phi) is 2.36. The Morgan fingerprint density at radius 2 is 1.80 bits per heavy atom. The largest absolute Gasteiger partial charge is 1.00 e. The van der Waals surface area contributed by atoms with Gasteiger partial charge in [0.15, 0.2) is 0 Å². The lowest BCUT2D eigenvalue weighted by atomic mass is 9.78. The molecule has 0 radical (unpaired) electrons. The summed E-state index contributed by atoms with van der Waals surface area (Å²) in [5.74, 6) is 1.64. The molecule has 1 aromatic carbocycles. The van der Waals surface area contributed by atoms with Gasteiger partial charge in [0.05, 0.1) is 0 Å². The van der Waals surface area contributed by atoms with Gasteiger partial charge in [0.2, 0.25) is 0 Å². The number of allylic oxidation sites excluding steroid dienone is 1. The van der Waals surface area contributed by atoms with E-state index < -0.39 is 0 Å². The highest BCUT2D eigenvalue weighted by Crippen LogP contribution is 2.41. The van der Waals surface area contributed by atoms with E-state index in [9.17, 15) is 0 Å². The van der Waals surface area contributed by atoms with Gasteiger partial charge in [-0.15, -0.1) is 0 Å². The van der Waals surface area contributed by atoms with E-state index in [1.165, 1.54) is 37.7 Å². The van der Waals surface area contributed by atoms with Gasteiger partial charge < -0.3 is 0 Å². The molecule has 1 unspecified atom stereocenters. The Morgan fingerprint density at radius 3 is 2.67 bits per heavy atom. The first-order valence-corrected chi connectivity index (χ1v) is 6.22. The average molecular weight is 199 g/mol. The fourth-order valence-corrected chi connectivity index (χ4v) is 3.18. The lowest BCUT2D eigenvalue weighted by Gasteiger charge is -2.27. The quantitative estimate of drug-likeness (QED) is 0.625. The first-order valence-electron chi connectivity index (χ1n) is 6.22. The van der Waals surface area contributed by atoms with Crippen LogP contribution in [0.4, 0.5) is 0 Å². The molecular weight excluding hydrogens is 180 g/mol. The SMILES string of the molecule is C1=CC(C2CCCCC2)c2ccccc21.[H+]. The minimum absolute atomic E-state index is 0. The third-order valence-electron chi connectivity index (χ3n) is 4.00. The molecule has 3 rings (SSSR count). The maximum absolute atomic E-state index is 2.43. The van der Waals surface area contributed by atoms with Crippen LogP contribution in [-0.4, -0.2) is 0 Å². The zero-order valence-electron chi connectivity index (χ0n) is 10.2. The summed E-state index contributed by atoms with van der Waals surface area (Å²) in [6.07, 6.45) is 11.9. The molecule has 1 atom stereocenters. The van der Waals surface area contributed by atoms with Crippen LogP contribution in [0.15, 0.2) is 30.3 Å². The third-order valence-corrected chi connectivity index (χ3v) is 4.00. The minimum atomic E-state index is 0. The van der Waals surface area contributed by atoms with Crippen LogP contribution in [0.25, 0.3) is 6.08 Å². The molecule has 1 saturated carbocycles. The van der Waals surface area contributed by atoms with Crippen molar-refractivity contribution in [1.29, 1.82) is 0 Å². The highest BCUT2D eigenvalue weighted by Gasteiger charge is 2.26. The summed E-state index contributed by atoms with van der Waals surface area (Å²) in [6.45, 7) is 0. The number of rotatable bonds is 1. The van der Waals surface area contributed by atoms with Crippen molar-refractivity contribution in [1.82, 2.24) is 0 Å². The van der Waals surface area contributed by atoms with E-state index in [-0.39, 0.29) is 1.43 Å². The van der Waals surface area contributed by atoms with Crippen molar-refractivity contribution >= 4 is 6.08 Å². The highest BCUT2D eigenvalue weighted by atomic mass is 14.3. The number of fused-ring (bicyclic) bond motifs is 1. The zero-order valence-corrected chi connectivity index (χ0v) is 9.15. The van der Waals surface area contributed by atoms with Crippen molar-refractivity contribution in [2.75, 3.05) is 0 Å². The van der Waals surface area contributed by atoms with Gasteiger partial charge in [0, 0.05) is 5.92 Å². The van der Waals surface area contributed by atoms with Gasteiger partial charge >= 0.3 is 1.43 Å². The highest BCUT2D eigenvalue weighted by molar-refractivity contribution is 5.62. The van der Waals surface area contributed by atoms with Crippen LogP contribution in [0.3, 0.4) is 0 Å². The molecule has 0 saturated heterocycles. The predicted molar refractivity (Wildman–Crippen MR) is 65.9 cm³/mol. The molecule has 0 amide bonds. The van der Waals surface area contributed by atoms with E-state index in [1.54, 1.807) is 5.56 Å². The maximum atomic E-state index is 2.43. The van der Waals surface area contributed by atoms with Crippen LogP contribution in [-0.2, 0) is 0 Å². The van der Waals surface area contributed by atoms with E-state index in [4.69, 9.17) is 0 Å². The normalized spacial score (nSPS) is 25.5. The topological polar surface area (TPSA) is 0 Å². The van der Waals surface area contributed by atoms with Crippen molar-refractivity contribution in [2.24, 2.45) is 5.92 Å². The van der Waals surface area contributed by atoms with Crippen LogP contribution in [0.1, 0.15) is 50.6 Å². The van der Waals surface area contributed by atoms with Gasteiger partial charge in [-0.25, -0.2) is 0 Å². The average Bonchev–Trinajstić information content (AvgIpc) is 2.74. The molecule has 1 fully saturated rings. The summed E-state index contributed by atoms with van der Waals surface area (Å²) < 4.78 is 0. The molecule has 0 bridgehead atoms. The third kappa shape index (κ3) is 1.62. The molecule has 0 nitrogen and oxygen atoms in total. The summed E-state index contributed by atoms with van der Waals surface area (Å²) >= 11 is 0. The fourth-order valence-electron chi connectivity index (χ4n) is 3.18. The van der Waals surface area contributed by atoms with E-state index in [0.29, 0.717) is 0 Å². The molecule has 15 heavy (non-hydrogen) atoms. The van der Waals surface area contributed by atoms with Gasteiger partial charge in [-0.1, -0.05) is 55.7 Å². The second kappa shape index (κ2) is 3.84. The van der Waals surface area contributed by atoms with Gasteiger partial charge in [-0.05, 0) is 29.9 Å². The predicted octanol–water partition coefficient (Wildman–Crippen LogP) is 4.49.